The third kappa shape index (κ3) is 4.16. The minimum absolute atomic E-state index is 0.0211. The van der Waals surface area contributed by atoms with Gasteiger partial charge in [-0.3, -0.25) is 30.6 Å². The summed E-state index contributed by atoms with van der Waals surface area (Å²) < 4.78 is 9.48. The Bertz CT molecular complexity index is 770. The summed E-state index contributed by atoms with van der Waals surface area (Å²) in [5.74, 6) is -2.58. The average molecular weight is 333 g/mol. The maximum Gasteiger partial charge on any atom is 0.345 e. The van der Waals surface area contributed by atoms with Gasteiger partial charge >= 0.3 is 11.9 Å². The number of hydrazine groups is 1. The van der Waals surface area contributed by atoms with Gasteiger partial charge in [0.2, 0.25) is 0 Å². The molecule has 2 amide bonds. The van der Waals surface area contributed by atoms with Crippen molar-refractivity contribution in [3.05, 3.63) is 64.1 Å². The van der Waals surface area contributed by atoms with E-state index in [4.69, 9.17) is 4.42 Å². The van der Waals surface area contributed by atoms with Gasteiger partial charge in [0.05, 0.1) is 11.2 Å². The van der Waals surface area contributed by atoms with Gasteiger partial charge in [0.15, 0.2) is 12.4 Å². The van der Waals surface area contributed by atoms with E-state index in [0.717, 1.165) is 6.07 Å². The van der Waals surface area contributed by atoms with Crippen molar-refractivity contribution in [1.82, 2.24) is 10.9 Å². The second-order valence-corrected chi connectivity index (χ2v) is 4.33. The number of esters is 1. The lowest BCUT2D eigenvalue weighted by molar-refractivity contribution is -0.385. The van der Waals surface area contributed by atoms with Crippen molar-refractivity contribution in [2.45, 2.75) is 0 Å². The van der Waals surface area contributed by atoms with Crippen LogP contribution < -0.4 is 10.9 Å². The van der Waals surface area contributed by atoms with Gasteiger partial charge in [-0.15, -0.1) is 0 Å². The summed E-state index contributed by atoms with van der Waals surface area (Å²) in [7, 11) is 0. The van der Waals surface area contributed by atoms with Crippen LogP contribution in [0, 0.1) is 10.1 Å². The Labute approximate surface area is 134 Å². The number of nitro benzene ring substituents is 1. The lowest BCUT2D eigenvalue weighted by atomic mass is 10.2. The summed E-state index contributed by atoms with van der Waals surface area (Å²) in [5.41, 5.74) is 3.33. The highest BCUT2D eigenvalue weighted by Gasteiger charge is 2.21. The van der Waals surface area contributed by atoms with Crippen LogP contribution in [0.2, 0.25) is 0 Å². The number of ether oxygens (including phenoxy) is 1. The Morgan fingerprint density at radius 3 is 2.54 bits per heavy atom. The smallest absolute Gasteiger partial charge is 0.345 e. The molecular formula is C14H11N3O7. The summed E-state index contributed by atoms with van der Waals surface area (Å²) in [6.07, 6.45) is 1.28. The minimum Gasteiger partial charge on any atom is -0.459 e. The van der Waals surface area contributed by atoms with Crippen molar-refractivity contribution in [2.24, 2.45) is 0 Å². The molecule has 1 aromatic heterocycles. The normalized spacial score (nSPS) is 9.83. The Kier molecular flexibility index (Phi) is 5.24. The number of rotatable bonds is 5. The van der Waals surface area contributed by atoms with Crippen LogP contribution in [0.1, 0.15) is 20.9 Å². The Morgan fingerprint density at radius 1 is 1.12 bits per heavy atom. The van der Waals surface area contributed by atoms with E-state index in [1.54, 1.807) is 0 Å². The monoisotopic (exact) mass is 333 g/mol. The first-order chi connectivity index (χ1) is 11.5. The molecule has 0 radical (unpaired) electrons. The van der Waals surface area contributed by atoms with E-state index in [2.05, 4.69) is 4.74 Å². The highest BCUT2D eigenvalue weighted by molar-refractivity contribution is 5.96. The van der Waals surface area contributed by atoms with Gasteiger partial charge in [-0.2, -0.15) is 0 Å². The number of nitrogens with one attached hydrogen (secondary N) is 2. The van der Waals surface area contributed by atoms with Gasteiger partial charge in [-0.05, 0) is 18.2 Å². The molecule has 2 rings (SSSR count). The standard InChI is InChI=1S/C14H11N3O7/c18-12(15-16-13(19)11-6-3-7-23-11)8-24-14(20)9-4-1-2-5-10(9)17(21)22/h1-7H,8H2,(H,15,18)(H,16,19). The number of para-hydroxylation sites is 1. The summed E-state index contributed by atoms with van der Waals surface area (Å²) in [6.45, 7) is -0.733. The van der Waals surface area contributed by atoms with Crippen molar-refractivity contribution in [3.63, 3.8) is 0 Å². The van der Waals surface area contributed by atoms with Crippen molar-refractivity contribution in [1.29, 1.82) is 0 Å². The molecule has 0 unspecified atom stereocenters. The first-order valence-electron chi connectivity index (χ1n) is 6.52. The molecule has 10 heteroatoms. The summed E-state index contributed by atoms with van der Waals surface area (Å²) >= 11 is 0. The van der Waals surface area contributed by atoms with Crippen molar-refractivity contribution >= 4 is 23.5 Å². The Balaban J connectivity index is 1.84. The Morgan fingerprint density at radius 2 is 1.88 bits per heavy atom. The predicted molar refractivity (Wildman–Crippen MR) is 77.7 cm³/mol. The number of nitrogens with zero attached hydrogens (tertiary/aromatic N) is 1. The first kappa shape index (κ1) is 16.7. The molecule has 0 aliphatic rings. The van der Waals surface area contributed by atoms with E-state index in [1.165, 1.54) is 36.6 Å². The lowest BCUT2D eigenvalue weighted by Gasteiger charge is -2.07. The topological polar surface area (TPSA) is 141 Å². The van der Waals surface area contributed by atoms with Crippen LogP contribution in [-0.4, -0.2) is 29.3 Å². The SMILES string of the molecule is O=C(COC(=O)c1ccccc1[N+](=O)[O-])NNC(=O)c1ccco1. The number of nitro groups is 1. The van der Waals surface area contributed by atoms with Gasteiger partial charge in [-0.25, -0.2) is 4.79 Å². The van der Waals surface area contributed by atoms with Crippen molar-refractivity contribution in [2.75, 3.05) is 6.61 Å². The van der Waals surface area contributed by atoms with Crippen LogP contribution in [0.4, 0.5) is 5.69 Å². The zero-order chi connectivity index (χ0) is 17.5. The number of amides is 2. The summed E-state index contributed by atoms with van der Waals surface area (Å²) in [6, 6.07) is 8.04. The fraction of sp³-hybridized carbons (Fsp3) is 0.0714. The molecule has 0 fully saturated rings. The second-order valence-electron chi connectivity index (χ2n) is 4.33. The predicted octanol–water partition coefficient (Wildman–Crippen LogP) is 0.806. The zero-order valence-electron chi connectivity index (χ0n) is 12.1. The Hall–Kier alpha value is -3.69. The number of hydrogen-bond acceptors (Lipinski definition) is 7. The molecule has 0 bridgehead atoms. The van der Waals surface area contributed by atoms with Crippen LogP contribution in [0.25, 0.3) is 0 Å². The first-order valence-corrected chi connectivity index (χ1v) is 6.52. The molecule has 1 aromatic carbocycles. The minimum atomic E-state index is -1.03. The number of carbonyl (C=O) groups excluding carboxylic acids is 3. The van der Waals surface area contributed by atoms with E-state index in [1.807, 2.05) is 10.9 Å². The number of carbonyl (C=O) groups is 3. The molecule has 10 nitrogen and oxygen atoms in total. The highest BCUT2D eigenvalue weighted by atomic mass is 16.6. The molecule has 0 saturated heterocycles. The van der Waals surface area contributed by atoms with Gasteiger partial charge < -0.3 is 9.15 Å². The largest absolute Gasteiger partial charge is 0.459 e. The molecule has 0 spiro atoms. The maximum absolute atomic E-state index is 11.8. The van der Waals surface area contributed by atoms with Gasteiger partial charge in [0, 0.05) is 6.07 Å². The average Bonchev–Trinajstić information content (AvgIpc) is 3.12. The van der Waals surface area contributed by atoms with E-state index in [9.17, 15) is 24.5 Å². The second kappa shape index (κ2) is 7.54. The molecule has 2 N–H and O–H groups in total. The van der Waals surface area contributed by atoms with Crippen molar-refractivity contribution in [3.8, 4) is 0 Å². The molecular weight excluding hydrogens is 322 g/mol. The fourth-order valence-electron chi connectivity index (χ4n) is 1.65. The van der Waals surface area contributed by atoms with E-state index in [0.29, 0.717) is 0 Å². The molecule has 0 saturated carbocycles. The third-order valence-electron chi connectivity index (χ3n) is 2.72. The molecule has 0 aliphatic carbocycles. The van der Waals surface area contributed by atoms with E-state index < -0.39 is 35.0 Å². The molecule has 0 atom stereocenters. The molecule has 124 valence electrons. The van der Waals surface area contributed by atoms with Gasteiger partial charge in [0.25, 0.3) is 11.6 Å². The van der Waals surface area contributed by atoms with Crippen LogP contribution >= 0.6 is 0 Å². The third-order valence-corrected chi connectivity index (χ3v) is 2.72. The van der Waals surface area contributed by atoms with Gasteiger partial charge in [0.1, 0.15) is 5.56 Å². The molecule has 2 aromatic rings. The fourth-order valence-corrected chi connectivity index (χ4v) is 1.65. The zero-order valence-corrected chi connectivity index (χ0v) is 12.1. The van der Waals surface area contributed by atoms with Crippen LogP contribution in [-0.2, 0) is 9.53 Å². The van der Waals surface area contributed by atoms with Crippen LogP contribution in [0.15, 0.2) is 47.1 Å². The summed E-state index contributed by atoms with van der Waals surface area (Å²) in [4.78, 5) is 44.9. The number of hydrogen-bond donors (Lipinski definition) is 2. The van der Waals surface area contributed by atoms with E-state index in [-0.39, 0.29) is 11.3 Å². The molecule has 1 heterocycles. The summed E-state index contributed by atoms with van der Waals surface area (Å²) in [5, 5.41) is 10.8. The van der Waals surface area contributed by atoms with Crippen LogP contribution in [0.3, 0.4) is 0 Å². The van der Waals surface area contributed by atoms with E-state index >= 15 is 0 Å². The lowest BCUT2D eigenvalue weighted by Crippen LogP contribution is -2.43. The number of benzene rings is 1. The van der Waals surface area contributed by atoms with Crippen LogP contribution in [0.5, 0.6) is 0 Å². The number of furan rings is 1. The quantitative estimate of drug-likeness (QED) is 0.468. The molecule has 0 aliphatic heterocycles. The van der Waals surface area contributed by atoms with Gasteiger partial charge in [-0.1, -0.05) is 12.1 Å². The maximum atomic E-state index is 11.8. The highest BCUT2D eigenvalue weighted by Crippen LogP contribution is 2.18. The van der Waals surface area contributed by atoms with Crippen molar-refractivity contribution < 1.29 is 28.5 Å². The molecule has 24 heavy (non-hydrogen) atoms.